The van der Waals surface area contributed by atoms with Crippen molar-refractivity contribution < 1.29 is 53.7 Å². The molecule has 22 heteroatoms. The molecule has 0 bridgehead atoms. The smallest absolute Gasteiger partial charge is 0.303 e. The fraction of sp³-hybridized carbons (Fsp3) is 0.583. The molecule has 58 heavy (non-hydrogen) atoms. The van der Waals surface area contributed by atoms with E-state index in [9.17, 15) is 53.7 Å². The fourth-order valence-corrected chi connectivity index (χ4v) is 5.89. The third-order valence-corrected chi connectivity index (χ3v) is 9.34. The molecule has 7 amide bonds. The summed E-state index contributed by atoms with van der Waals surface area (Å²) in [6.45, 7) is 6.07. The molecule has 1 aromatic rings. The number of benzene rings is 1. The number of phenols is 1. The Hall–Kier alpha value is -6.03. The monoisotopic (exact) mass is 819 g/mol. The van der Waals surface area contributed by atoms with Crippen molar-refractivity contribution in [1.82, 2.24) is 31.5 Å². The van der Waals surface area contributed by atoms with Crippen LogP contribution in [-0.2, 0) is 44.8 Å². The molecule has 1 heterocycles. The van der Waals surface area contributed by atoms with Gasteiger partial charge in [-0.2, -0.15) is 0 Å². The van der Waals surface area contributed by atoms with Gasteiger partial charge in [0.15, 0.2) is 5.96 Å². The number of aliphatic imine (C=N–C) groups is 1. The molecule has 1 aromatic carbocycles. The second kappa shape index (κ2) is 22.6. The van der Waals surface area contributed by atoms with E-state index in [-0.39, 0.29) is 44.1 Å². The van der Waals surface area contributed by atoms with Crippen LogP contribution in [0.5, 0.6) is 5.75 Å². The van der Waals surface area contributed by atoms with Gasteiger partial charge in [-0.15, -0.1) is 0 Å². The topological polar surface area (TPSA) is 377 Å². The van der Waals surface area contributed by atoms with Gasteiger partial charge in [-0.1, -0.05) is 26.0 Å². The molecule has 0 aromatic heterocycles. The van der Waals surface area contributed by atoms with E-state index < -0.39 is 114 Å². The molecule has 0 saturated carbocycles. The summed E-state index contributed by atoms with van der Waals surface area (Å²) in [4.78, 5) is 108. The molecule has 8 atom stereocenters. The summed E-state index contributed by atoms with van der Waals surface area (Å²) in [5, 5.41) is 42.0. The van der Waals surface area contributed by atoms with Crippen LogP contribution in [0.15, 0.2) is 29.3 Å². The van der Waals surface area contributed by atoms with Crippen molar-refractivity contribution in [3.8, 4) is 5.75 Å². The summed E-state index contributed by atoms with van der Waals surface area (Å²) in [7, 11) is 0. The number of aromatic hydroxyl groups is 1. The third-order valence-electron chi connectivity index (χ3n) is 9.34. The number of nitrogens with two attached hydrogens (primary N) is 4. The number of carbonyl (C=O) groups excluding carboxylic acids is 7. The summed E-state index contributed by atoms with van der Waals surface area (Å²) in [5.41, 5.74) is 22.5. The van der Waals surface area contributed by atoms with E-state index >= 15 is 0 Å². The molecule has 322 valence electrons. The van der Waals surface area contributed by atoms with Crippen molar-refractivity contribution in [1.29, 1.82) is 0 Å². The highest BCUT2D eigenvalue weighted by atomic mass is 16.4. The summed E-state index contributed by atoms with van der Waals surface area (Å²) in [5.74, 6) is -7.90. The Bertz CT molecular complexity index is 1670. The molecular weight excluding hydrogens is 762 g/mol. The van der Waals surface area contributed by atoms with Crippen LogP contribution in [0.2, 0.25) is 0 Å². The highest BCUT2D eigenvalue weighted by Crippen LogP contribution is 2.16. The molecule has 22 nitrogen and oxygen atoms in total. The first kappa shape index (κ1) is 48.1. The van der Waals surface area contributed by atoms with Crippen molar-refractivity contribution in [2.24, 2.45) is 33.8 Å². The van der Waals surface area contributed by atoms with Gasteiger partial charge in [-0.3, -0.25) is 43.3 Å². The van der Waals surface area contributed by atoms with E-state index in [1.165, 1.54) is 43.0 Å². The van der Waals surface area contributed by atoms with Crippen LogP contribution in [0.3, 0.4) is 0 Å². The number of carboxylic acid groups (broad SMARTS) is 1. The van der Waals surface area contributed by atoms with Crippen LogP contribution in [0.25, 0.3) is 0 Å². The highest BCUT2D eigenvalue weighted by molar-refractivity contribution is 5.98. The maximum Gasteiger partial charge on any atom is 0.303 e. The molecule has 0 aliphatic carbocycles. The maximum atomic E-state index is 13.7. The average molecular weight is 820 g/mol. The van der Waals surface area contributed by atoms with Gasteiger partial charge in [-0.05, 0) is 63.1 Å². The molecule has 16 N–H and O–H groups in total. The molecule has 2 rings (SSSR count). The Labute approximate surface area is 335 Å². The van der Waals surface area contributed by atoms with Crippen molar-refractivity contribution in [2.75, 3.05) is 13.1 Å². The number of hydrogen-bond acceptors (Lipinski definition) is 12. The Morgan fingerprint density at radius 1 is 0.828 bits per heavy atom. The minimum absolute atomic E-state index is 0.0491. The maximum absolute atomic E-state index is 13.7. The lowest BCUT2D eigenvalue weighted by Gasteiger charge is -2.29. The van der Waals surface area contributed by atoms with Crippen LogP contribution < -0.4 is 49.5 Å². The molecular formula is C36H57N11O11. The summed E-state index contributed by atoms with van der Waals surface area (Å²) >= 11 is 0. The molecule has 0 spiro atoms. The number of rotatable bonds is 23. The van der Waals surface area contributed by atoms with Crippen molar-refractivity contribution in [2.45, 2.75) is 115 Å². The van der Waals surface area contributed by atoms with Crippen LogP contribution in [-0.4, -0.2) is 135 Å². The first-order valence-corrected chi connectivity index (χ1v) is 18.7. The number of aliphatic hydroxyl groups is 1. The zero-order valence-corrected chi connectivity index (χ0v) is 33.0. The van der Waals surface area contributed by atoms with Crippen molar-refractivity contribution in [3.05, 3.63) is 29.8 Å². The van der Waals surface area contributed by atoms with Gasteiger partial charge in [0.2, 0.25) is 41.4 Å². The number of nitrogens with zero attached hydrogens (tertiary/aromatic N) is 2. The Morgan fingerprint density at radius 3 is 1.97 bits per heavy atom. The summed E-state index contributed by atoms with van der Waals surface area (Å²) in [6.07, 6.45) is -2.00. The SMILES string of the molecule is CC(C)[C@@H](NC(=O)[C@H](NC(=O)[C@@H](Cc1ccc(O)cc1)NC(=O)[C@H](N)CCCN=C(N)N)[C@@H](C)O)C(=O)N[C@H](CCC(=O)O)C(=O)N[C@@H]1CCN([C@H](C)C(N)=O)C1=O. The lowest BCUT2D eigenvalue weighted by Crippen LogP contribution is -2.62. The van der Waals surface area contributed by atoms with Gasteiger partial charge in [0.25, 0.3) is 0 Å². The first-order chi connectivity index (χ1) is 27.1. The Balaban J connectivity index is 2.24. The number of amides is 7. The summed E-state index contributed by atoms with van der Waals surface area (Å²) in [6, 6.07) is -3.23. The van der Waals surface area contributed by atoms with Crippen molar-refractivity contribution >= 4 is 53.3 Å². The van der Waals surface area contributed by atoms with E-state index in [1.54, 1.807) is 13.8 Å². The number of primary amides is 1. The van der Waals surface area contributed by atoms with Gasteiger partial charge in [0, 0.05) is 25.9 Å². The van der Waals surface area contributed by atoms with E-state index in [1.807, 2.05) is 0 Å². The molecule has 1 fully saturated rings. The number of guanidine groups is 1. The van der Waals surface area contributed by atoms with Crippen LogP contribution in [0.1, 0.15) is 65.4 Å². The number of carboxylic acids is 1. The van der Waals surface area contributed by atoms with E-state index in [0.717, 1.165) is 0 Å². The predicted octanol–water partition coefficient (Wildman–Crippen LogP) is -4.25. The van der Waals surface area contributed by atoms with Crippen molar-refractivity contribution in [3.63, 3.8) is 0 Å². The second-order valence-electron chi connectivity index (χ2n) is 14.4. The number of likely N-dealkylation sites (tertiary alicyclic amines) is 1. The highest BCUT2D eigenvalue weighted by Gasteiger charge is 2.39. The van der Waals surface area contributed by atoms with Gasteiger partial charge in [0.05, 0.1) is 12.1 Å². The number of hydrogen-bond donors (Lipinski definition) is 12. The summed E-state index contributed by atoms with van der Waals surface area (Å²) < 4.78 is 0. The van der Waals surface area contributed by atoms with Gasteiger partial charge in [0.1, 0.15) is 42.0 Å². The normalized spacial score (nSPS) is 17.4. The number of carbonyl (C=O) groups is 8. The van der Waals surface area contributed by atoms with Gasteiger partial charge >= 0.3 is 5.97 Å². The zero-order valence-electron chi connectivity index (χ0n) is 33.0. The zero-order chi connectivity index (χ0) is 43.9. The lowest BCUT2D eigenvalue weighted by molar-refractivity contribution is -0.140. The molecule has 1 saturated heterocycles. The van der Waals surface area contributed by atoms with Crippen LogP contribution >= 0.6 is 0 Å². The molecule has 0 radical (unpaired) electrons. The molecule has 1 aliphatic rings. The quantitative estimate of drug-likeness (QED) is 0.0283. The minimum atomic E-state index is -1.68. The van der Waals surface area contributed by atoms with Gasteiger partial charge < -0.3 is 69.7 Å². The Kier molecular flexibility index (Phi) is 18.8. The van der Waals surface area contributed by atoms with Crippen LogP contribution in [0, 0.1) is 5.92 Å². The third kappa shape index (κ3) is 15.1. The van der Waals surface area contributed by atoms with Gasteiger partial charge in [-0.25, -0.2) is 0 Å². The number of nitrogens with one attached hydrogen (secondary N) is 5. The predicted molar refractivity (Wildman–Crippen MR) is 208 cm³/mol. The van der Waals surface area contributed by atoms with E-state index in [0.29, 0.717) is 12.0 Å². The number of aliphatic hydroxyl groups excluding tert-OH is 1. The van der Waals surface area contributed by atoms with Crippen LogP contribution in [0.4, 0.5) is 0 Å². The minimum Gasteiger partial charge on any atom is -0.508 e. The number of aliphatic carboxylic acids is 1. The lowest BCUT2D eigenvalue weighted by atomic mass is 10.00. The number of phenolic OH excluding ortho intramolecular Hbond substituents is 1. The van der Waals surface area contributed by atoms with E-state index in [4.69, 9.17) is 22.9 Å². The van der Waals surface area contributed by atoms with E-state index in [2.05, 4.69) is 31.6 Å². The average Bonchev–Trinajstić information content (AvgIpc) is 3.50. The standard InChI is InChI=1S/C36H57N11O11/c1-17(2)27(33(56)42-23(11-12-26(50)51)31(54)43-24-13-15-47(35(24)58)18(3)29(38)52)45-34(57)28(19(4)48)46-32(55)25(16-20-7-9-21(49)10-8-20)44-30(53)22(37)6-5-14-41-36(39)40/h7-10,17-19,22-25,27-28,48-49H,5-6,11-16,37H2,1-4H3,(H2,38,52)(H,42,56)(H,43,54)(H,44,53)(H,45,57)(H,46,55)(H,50,51)(H4,39,40,41)/t18-,19-,22-,23-,24-,25-,27-,28-/m1/s1. The first-order valence-electron chi connectivity index (χ1n) is 18.7. The Morgan fingerprint density at radius 2 is 1.41 bits per heavy atom. The molecule has 1 aliphatic heterocycles. The molecule has 0 unspecified atom stereocenters. The largest absolute Gasteiger partial charge is 0.508 e. The second-order valence-corrected chi connectivity index (χ2v) is 14.4. The fourth-order valence-electron chi connectivity index (χ4n) is 5.89.